The summed E-state index contributed by atoms with van der Waals surface area (Å²) in [6, 6.07) is 8.33. The van der Waals surface area contributed by atoms with Gasteiger partial charge in [0.05, 0.1) is 36.9 Å². The smallest absolute Gasteiger partial charge is 0.152 e. The van der Waals surface area contributed by atoms with Crippen molar-refractivity contribution in [3.8, 4) is 0 Å². The highest BCUT2D eigenvalue weighted by Crippen LogP contribution is 2.33. The molecular weight excluding hydrogens is 1040 g/mol. The van der Waals surface area contributed by atoms with Gasteiger partial charge in [-0.25, -0.2) is 8.42 Å². The van der Waals surface area contributed by atoms with Crippen LogP contribution in [0.3, 0.4) is 0 Å². The molecule has 2 aromatic heterocycles. The molecule has 5 saturated heterocycles. The number of aryl methyl sites for hydroxylation is 1. The molecular formula is C69H144N6O6S. The Balaban J connectivity index is -0.000000203. The van der Waals surface area contributed by atoms with Gasteiger partial charge in [0.15, 0.2) is 9.84 Å². The number of morpholine rings is 1. The number of aliphatic hydroxyl groups is 1. The minimum absolute atomic E-state index is 0. The van der Waals surface area contributed by atoms with Crippen LogP contribution in [0.4, 0.5) is 0 Å². The van der Waals surface area contributed by atoms with Gasteiger partial charge < -0.3 is 19.3 Å². The van der Waals surface area contributed by atoms with E-state index in [1.807, 2.05) is 32.6 Å². The normalized spacial score (nSPS) is 18.9. The van der Waals surface area contributed by atoms with E-state index < -0.39 is 9.84 Å². The number of aromatic nitrogens is 2. The number of sulfone groups is 1. The summed E-state index contributed by atoms with van der Waals surface area (Å²) >= 11 is 0. The fraction of sp³-hybridized carbons (Fsp3) is 0.855. The first-order chi connectivity index (χ1) is 34.7. The van der Waals surface area contributed by atoms with Gasteiger partial charge in [-0.1, -0.05) is 107 Å². The van der Waals surface area contributed by atoms with Crippen LogP contribution in [0.15, 0.2) is 42.9 Å². The number of piperidine rings is 2. The van der Waals surface area contributed by atoms with Crippen LogP contribution in [0.25, 0.3) is 0 Å². The zero-order valence-electron chi connectivity index (χ0n) is 53.5. The molecule has 13 heteroatoms. The van der Waals surface area contributed by atoms with Crippen molar-refractivity contribution in [2.24, 2.45) is 11.3 Å². The van der Waals surface area contributed by atoms with Crippen molar-refractivity contribution in [2.75, 3.05) is 97.4 Å². The van der Waals surface area contributed by atoms with E-state index >= 15 is 0 Å². The highest BCUT2D eigenvalue weighted by molar-refractivity contribution is 7.91. The number of nitrogens with zero attached hydrogens (tertiary/aromatic N) is 6. The second kappa shape index (κ2) is 41.1. The molecule has 5 aliphatic rings. The largest absolute Gasteiger partial charge is 0.393 e. The number of methoxy groups -OCH3 is 1. The van der Waals surface area contributed by atoms with E-state index in [2.05, 4.69) is 199 Å². The van der Waals surface area contributed by atoms with Gasteiger partial charge in [0, 0.05) is 119 Å². The van der Waals surface area contributed by atoms with E-state index in [1.165, 1.54) is 49.9 Å². The molecule has 0 radical (unpaired) electrons. The van der Waals surface area contributed by atoms with Gasteiger partial charge in [-0.3, -0.25) is 29.6 Å². The van der Waals surface area contributed by atoms with E-state index in [0.717, 1.165) is 77.1 Å². The number of ether oxygens (including phenoxy) is 3. The molecule has 492 valence electrons. The molecule has 82 heavy (non-hydrogen) atoms. The maximum absolute atomic E-state index is 11.1. The van der Waals surface area contributed by atoms with Gasteiger partial charge in [0.2, 0.25) is 0 Å². The van der Waals surface area contributed by atoms with Crippen molar-refractivity contribution >= 4 is 9.84 Å². The molecule has 1 N–H and O–H groups in total. The highest BCUT2D eigenvalue weighted by Gasteiger charge is 2.30. The second-order valence-corrected chi connectivity index (χ2v) is 31.0. The predicted octanol–water partition coefficient (Wildman–Crippen LogP) is 16.1. The molecule has 0 saturated carbocycles. The molecule has 0 bridgehead atoms. The van der Waals surface area contributed by atoms with Crippen LogP contribution in [0.1, 0.15) is 245 Å². The van der Waals surface area contributed by atoms with Crippen LogP contribution in [-0.2, 0) is 34.9 Å². The number of hydrogen-bond donors (Lipinski definition) is 1. The van der Waals surface area contributed by atoms with Gasteiger partial charge >= 0.3 is 0 Å². The molecule has 0 aromatic carbocycles. The van der Waals surface area contributed by atoms with Crippen LogP contribution in [0, 0.1) is 18.3 Å². The lowest BCUT2D eigenvalue weighted by molar-refractivity contribution is -0.00389. The summed E-state index contributed by atoms with van der Waals surface area (Å²) in [6.45, 7) is 60.6. The van der Waals surface area contributed by atoms with Gasteiger partial charge in [0.1, 0.15) is 0 Å². The fourth-order valence-electron chi connectivity index (χ4n) is 9.34. The molecule has 5 fully saturated rings. The predicted molar refractivity (Wildman–Crippen MR) is 364 cm³/mol. The number of pyridine rings is 2. The maximum Gasteiger partial charge on any atom is 0.152 e. The minimum Gasteiger partial charge on any atom is -0.393 e. The van der Waals surface area contributed by atoms with Gasteiger partial charge in [0.25, 0.3) is 0 Å². The van der Waals surface area contributed by atoms with Gasteiger partial charge in [-0.2, -0.15) is 0 Å². The Morgan fingerprint density at radius 2 is 0.829 bits per heavy atom. The topological polar surface area (TPSA) is 121 Å². The van der Waals surface area contributed by atoms with Crippen LogP contribution in [0.5, 0.6) is 0 Å². The average molecular weight is 1190 g/mol. The Labute approximate surface area is 513 Å². The van der Waals surface area contributed by atoms with E-state index in [4.69, 9.17) is 14.2 Å². The number of likely N-dealkylation sites (tertiary alicyclic amines) is 2. The molecule has 5 aliphatic heterocycles. The molecule has 0 unspecified atom stereocenters. The molecule has 0 aliphatic carbocycles. The highest BCUT2D eigenvalue weighted by atomic mass is 32.2. The van der Waals surface area contributed by atoms with Crippen molar-refractivity contribution in [1.29, 1.82) is 0 Å². The third-order valence-corrected chi connectivity index (χ3v) is 16.8. The quantitative estimate of drug-likeness (QED) is 0.293. The first-order valence-electron chi connectivity index (χ1n) is 29.1. The Morgan fingerprint density at radius 1 is 0.488 bits per heavy atom. The Morgan fingerprint density at radius 3 is 1.12 bits per heavy atom. The standard InChI is InChI=1S/C10H21NO.C10H15N.C9H19NO.C9H13N.C9H18O.C8H17NO2S.C8H17NO.6CH4/c1-10(2,3)11-7-5-9(12-4)6-8-11;1-8-7-9(5-6-11-8)10(2,3)4;1-9(2,3)10-6-4-8(11)5-7-10;2*1-9(2,3)8-4-6-10-7-5-8;1-8(2,3)9-4-6-12(10,11)7-5-9;1-8(2,3)9-4-6-10-7-5-9;;;;;;/h9H,5-8H2,1-4H3;5-7H,1-4H3;8,11H,4-7H2,1-3H3;4-7H,1-3H3;8H,4-7H2,1-3H3;4-7H2,1-3H3;4-7H2,1-3H3;6*1H4. The van der Waals surface area contributed by atoms with Crippen LogP contribution in [0.2, 0.25) is 0 Å². The first kappa shape index (κ1) is 91.1. The van der Waals surface area contributed by atoms with Crippen molar-refractivity contribution < 1.29 is 27.7 Å². The number of aliphatic hydroxyl groups excluding tert-OH is 1. The number of rotatable bonds is 1. The average Bonchev–Trinajstić information content (AvgIpc) is 3.32. The third kappa shape index (κ3) is 39.6. The summed E-state index contributed by atoms with van der Waals surface area (Å²) in [5.41, 5.74) is 5.81. The van der Waals surface area contributed by atoms with Gasteiger partial charge in [-0.05, 0) is 186 Å². The molecule has 7 rings (SSSR count). The Kier molecular flexibility index (Phi) is 45.7. The minimum atomic E-state index is -2.72. The lowest BCUT2D eigenvalue weighted by Gasteiger charge is -2.40. The summed E-state index contributed by atoms with van der Waals surface area (Å²) in [6.07, 6.45) is 12.8. The lowest BCUT2D eigenvalue weighted by atomic mass is 9.76. The number of hydrogen-bond acceptors (Lipinski definition) is 12. The fourth-order valence-corrected chi connectivity index (χ4v) is 10.5. The molecule has 2 aromatic rings. The summed E-state index contributed by atoms with van der Waals surface area (Å²) < 4.78 is 38.1. The van der Waals surface area contributed by atoms with Crippen LogP contribution < -0.4 is 0 Å². The lowest BCUT2D eigenvalue weighted by Crippen LogP contribution is -2.49. The van der Waals surface area contributed by atoms with Crippen molar-refractivity contribution in [1.82, 2.24) is 29.6 Å². The summed E-state index contributed by atoms with van der Waals surface area (Å²) in [4.78, 5) is 17.7. The molecule has 0 amide bonds. The van der Waals surface area contributed by atoms with Crippen molar-refractivity contribution in [3.63, 3.8) is 0 Å². The second-order valence-electron chi connectivity index (χ2n) is 28.7. The zero-order valence-corrected chi connectivity index (χ0v) is 54.3. The first-order valence-corrected chi connectivity index (χ1v) is 30.9. The Bertz CT molecular complexity index is 1880. The van der Waals surface area contributed by atoms with E-state index in [1.54, 1.807) is 0 Å². The molecule has 12 nitrogen and oxygen atoms in total. The molecule has 0 atom stereocenters. The SMILES string of the molecule is C.C.C.C.C.C.CC(C)(C)C1CCOCC1.CC(C)(C)N1CCC(O)CC1.CC(C)(C)N1CCOCC1.CC(C)(C)N1CCS(=O)(=O)CC1.CC(C)(C)c1ccncc1.COC1CCN(C(C)(C)C)CC1.Cc1cc(C(C)(C)C)ccn1. The van der Waals surface area contributed by atoms with Crippen molar-refractivity contribution in [2.45, 2.75) is 281 Å². The summed E-state index contributed by atoms with van der Waals surface area (Å²) in [5.74, 6) is 1.52. The van der Waals surface area contributed by atoms with Crippen LogP contribution >= 0.6 is 0 Å². The summed E-state index contributed by atoms with van der Waals surface area (Å²) in [7, 11) is -0.901. The van der Waals surface area contributed by atoms with E-state index in [0.29, 0.717) is 47.2 Å². The van der Waals surface area contributed by atoms with E-state index in [9.17, 15) is 13.5 Å². The van der Waals surface area contributed by atoms with Crippen molar-refractivity contribution in [3.05, 3.63) is 59.7 Å². The monoisotopic (exact) mass is 1190 g/mol. The summed E-state index contributed by atoms with van der Waals surface area (Å²) in [5, 5.41) is 9.27. The third-order valence-electron chi connectivity index (χ3n) is 15.1. The Hall–Kier alpha value is -2.07. The molecule has 0 spiro atoms. The van der Waals surface area contributed by atoms with Gasteiger partial charge in [-0.15, -0.1) is 0 Å². The van der Waals surface area contributed by atoms with Crippen LogP contribution in [-0.4, -0.2) is 175 Å². The maximum atomic E-state index is 11.1. The zero-order chi connectivity index (χ0) is 58.4. The van der Waals surface area contributed by atoms with E-state index in [-0.39, 0.29) is 72.6 Å². The molecule has 7 heterocycles.